The van der Waals surface area contributed by atoms with Crippen LogP contribution in [0.4, 0.5) is 10.1 Å². The first-order valence-corrected chi connectivity index (χ1v) is 10.1. The Morgan fingerprint density at radius 1 is 0.929 bits per heavy atom. The molecule has 0 unspecified atom stereocenters. The van der Waals surface area contributed by atoms with Gasteiger partial charge in [-0.1, -0.05) is 36.4 Å². The van der Waals surface area contributed by atoms with E-state index in [1.54, 1.807) is 12.1 Å². The molecule has 0 spiro atoms. The molecule has 28 heavy (non-hydrogen) atoms. The lowest BCUT2D eigenvalue weighted by Crippen LogP contribution is -2.39. The molecule has 4 rings (SSSR count). The highest BCUT2D eigenvalue weighted by Gasteiger charge is 2.19. The van der Waals surface area contributed by atoms with Crippen LogP contribution in [0.1, 0.15) is 19.3 Å². The van der Waals surface area contributed by atoms with Gasteiger partial charge >= 0.3 is 0 Å². The number of likely N-dealkylation sites (tertiary alicyclic amines) is 1. The van der Waals surface area contributed by atoms with Crippen LogP contribution in [0.15, 0.2) is 66.7 Å². The van der Waals surface area contributed by atoms with Crippen LogP contribution in [0.5, 0.6) is 5.75 Å². The van der Waals surface area contributed by atoms with E-state index in [9.17, 15) is 4.39 Å². The quantitative estimate of drug-likeness (QED) is 0.563. The number of piperidine rings is 1. The molecule has 0 amide bonds. The van der Waals surface area contributed by atoms with Crippen LogP contribution in [0.3, 0.4) is 0 Å². The zero-order valence-corrected chi connectivity index (χ0v) is 16.1. The van der Waals surface area contributed by atoms with Crippen molar-refractivity contribution < 1.29 is 9.13 Å². The van der Waals surface area contributed by atoms with Crippen LogP contribution >= 0.6 is 0 Å². The molecule has 1 heterocycles. The highest BCUT2D eigenvalue weighted by atomic mass is 19.1. The molecular formula is C24H27FN2O. The number of hydrogen-bond acceptors (Lipinski definition) is 3. The third-order valence-corrected chi connectivity index (χ3v) is 5.44. The highest BCUT2D eigenvalue weighted by molar-refractivity contribution is 5.93. The number of nitrogens with zero attached hydrogens (tertiary/aromatic N) is 1. The van der Waals surface area contributed by atoms with E-state index >= 15 is 0 Å². The minimum Gasteiger partial charge on any atom is -0.494 e. The summed E-state index contributed by atoms with van der Waals surface area (Å²) in [6, 6.07) is 21.8. The highest BCUT2D eigenvalue weighted by Crippen LogP contribution is 2.25. The van der Waals surface area contributed by atoms with Crippen molar-refractivity contribution in [3.8, 4) is 5.75 Å². The molecule has 1 aliphatic rings. The van der Waals surface area contributed by atoms with Gasteiger partial charge in [-0.05, 0) is 55.0 Å². The number of hydrogen-bond donors (Lipinski definition) is 1. The summed E-state index contributed by atoms with van der Waals surface area (Å²) in [5, 5.41) is 6.34. The van der Waals surface area contributed by atoms with Crippen LogP contribution < -0.4 is 10.1 Å². The summed E-state index contributed by atoms with van der Waals surface area (Å²) < 4.78 is 18.6. The summed E-state index contributed by atoms with van der Waals surface area (Å²) in [5.41, 5.74) is 1.24. The Balaban J connectivity index is 1.20. The summed E-state index contributed by atoms with van der Waals surface area (Å²) in [6.45, 7) is 3.93. The molecule has 0 atom stereocenters. The number of anilines is 1. The van der Waals surface area contributed by atoms with Crippen molar-refractivity contribution in [2.75, 3.05) is 31.6 Å². The molecule has 3 aromatic carbocycles. The first kappa shape index (κ1) is 18.8. The Bertz CT molecular complexity index is 883. The predicted octanol–water partition coefficient (Wildman–Crippen LogP) is 5.32. The van der Waals surface area contributed by atoms with Gasteiger partial charge in [0.25, 0.3) is 0 Å². The minimum atomic E-state index is -0.229. The Hall–Kier alpha value is -2.59. The average molecular weight is 378 g/mol. The summed E-state index contributed by atoms with van der Waals surface area (Å²) in [4.78, 5) is 2.51. The van der Waals surface area contributed by atoms with Crippen molar-refractivity contribution in [1.29, 1.82) is 0 Å². The van der Waals surface area contributed by atoms with Gasteiger partial charge < -0.3 is 15.0 Å². The van der Waals surface area contributed by atoms with Crippen molar-refractivity contribution in [3.05, 3.63) is 72.5 Å². The van der Waals surface area contributed by atoms with Gasteiger partial charge in [0.05, 0.1) is 6.61 Å². The second-order valence-corrected chi connectivity index (χ2v) is 7.44. The average Bonchev–Trinajstić information content (AvgIpc) is 2.74. The van der Waals surface area contributed by atoms with Gasteiger partial charge in [-0.2, -0.15) is 0 Å². The largest absolute Gasteiger partial charge is 0.494 e. The standard InChI is InChI=1S/C24H27FN2O/c25-20-9-11-22(12-10-20)28-18-4-15-27-16-13-21(14-17-27)26-24-8-3-6-19-5-1-2-7-23(19)24/h1-3,5-12,21,26H,4,13-18H2. The van der Waals surface area contributed by atoms with Crippen LogP contribution in [-0.2, 0) is 0 Å². The van der Waals surface area contributed by atoms with Crippen molar-refractivity contribution >= 4 is 16.5 Å². The van der Waals surface area contributed by atoms with Crippen LogP contribution in [0, 0.1) is 5.82 Å². The number of ether oxygens (including phenoxy) is 1. The maximum Gasteiger partial charge on any atom is 0.123 e. The molecule has 1 saturated heterocycles. The molecule has 0 aromatic heterocycles. The Morgan fingerprint density at radius 2 is 1.68 bits per heavy atom. The predicted molar refractivity (Wildman–Crippen MR) is 114 cm³/mol. The van der Waals surface area contributed by atoms with Crippen LogP contribution in [0.25, 0.3) is 10.8 Å². The summed E-state index contributed by atoms with van der Waals surface area (Å²) in [5.74, 6) is 0.506. The maximum absolute atomic E-state index is 12.9. The molecule has 0 aliphatic carbocycles. The fourth-order valence-electron chi connectivity index (χ4n) is 3.88. The fraction of sp³-hybridized carbons (Fsp3) is 0.333. The number of halogens is 1. The van der Waals surface area contributed by atoms with Crippen molar-refractivity contribution in [2.24, 2.45) is 0 Å². The lowest BCUT2D eigenvalue weighted by molar-refractivity contribution is 0.198. The second-order valence-electron chi connectivity index (χ2n) is 7.44. The molecule has 146 valence electrons. The first-order chi connectivity index (χ1) is 13.8. The van der Waals surface area contributed by atoms with Gasteiger partial charge in [0.15, 0.2) is 0 Å². The monoisotopic (exact) mass is 378 g/mol. The summed E-state index contributed by atoms with van der Waals surface area (Å²) in [7, 11) is 0. The number of fused-ring (bicyclic) bond motifs is 1. The third-order valence-electron chi connectivity index (χ3n) is 5.44. The van der Waals surface area contributed by atoms with Gasteiger partial charge in [-0.3, -0.25) is 0 Å². The fourth-order valence-corrected chi connectivity index (χ4v) is 3.88. The summed E-state index contributed by atoms with van der Waals surface area (Å²) >= 11 is 0. The van der Waals surface area contributed by atoms with Gasteiger partial charge in [0.1, 0.15) is 11.6 Å². The molecular weight excluding hydrogens is 351 g/mol. The first-order valence-electron chi connectivity index (χ1n) is 10.1. The van der Waals surface area contributed by atoms with Crippen molar-refractivity contribution in [3.63, 3.8) is 0 Å². The molecule has 0 bridgehead atoms. The Kier molecular flexibility index (Phi) is 6.07. The Morgan fingerprint density at radius 3 is 2.50 bits per heavy atom. The lowest BCUT2D eigenvalue weighted by Gasteiger charge is -2.33. The van der Waals surface area contributed by atoms with Crippen molar-refractivity contribution in [1.82, 2.24) is 4.90 Å². The zero-order chi connectivity index (χ0) is 19.2. The van der Waals surface area contributed by atoms with E-state index in [0.717, 1.165) is 44.6 Å². The lowest BCUT2D eigenvalue weighted by atomic mass is 10.0. The number of rotatable bonds is 7. The molecule has 3 aromatic rings. The number of nitrogens with one attached hydrogen (secondary N) is 1. The van der Waals surface area contributed by atoms with E-state index in [1.807, 2.05) is 0 Å². The molecule has 0 saturated carbocycles. The van der Waals surface area contributed by atoms with E-state index in [2.05, 4.69) is 52.7 Å². The summed E-state index contributed by atoms with van der Waals surface area (Å²) in [6.07, 6.45) is 3.29. The second kappa shape index (κ2) is 9.07. The van der Waals surface area contributed by atoms with E-state index in [0.29, 0.717) is 12.6 Å². The van der Waals surface area contributed by atoms with Crippen molar-refractivity contribution in [2.45, 2.75) is 25.3 Å². The Labute approximate surface area is 166 Å². The molecule has 3 nitrogen and oxygen atoms in total. The SMILES string of the molecule is Fc1ccc(OCCCN2CCC(Nc3cccc4ccccc34)CC2)cc1. The minimum absolute atomic E-state index is 0.229. The van der Waals surface area contributed by atoms with Crippen LogP contribution in [0.2, 0.25) is 0 Å². The molecule has 4 heteroatoms. The van der Waals surface area contributed by atoms with E-state index < -0.39 is 0 Å². The number of benzene rings is 3. The van der Waals surface area contributed by atoms with E-state index in [4.69, 9.17) is 4.74 Å². The normalized spacial score (nSPS) is 15.6. The molecule has 1 N–H and O–H groups in total. The third kappa shape index (κ3) is 4.82. The molecule has 1 fully saturated rings. The van der Waals surface area contributed by atoms with E-state index in [1.165, 1.54) is 28.6 Å². The zero-order valence-electron chi connectivity index (χ0n) is 16.1. The van der Waals surface area contributed by atoms with Gasteiger partial charge in [-0.25, -0.2) is 4.39 Å². The smallest absolute Gasteiger partial charge is 0.123 e. The molecule has 1 aliphatic heterocycles. The van der Waals surface area contributed by atoms with Gasteiger partial charge in [-0.15, -0.1) is 0 Å². The van der Waals surface area contributed by atoms with Gasteiger partial charge in [0, 0.05) is 36.7 Å². The van der Waals surface area contributed by atoms with Gasteiger partial charge in [0.2, 0.25) is 0 Å². The molecule has 0 radical (unpaired) electrons. The maximum atomic E-state index is 12.9. The van der Waals surface area contributed by atoms with E-state index in [-0.39, 0.29) is 5.82 Å². The topological polar surface area (TPSA) is 24.5 Å². The van der Waals surface area contributed by atoms with Crippen LogP contribution in [-0.4, -0.2) is 37.2 Å².